The summed E-state index contributed by atoms with van der Waals surface area (Å²) in [6.45, 7) is 6.83. The number of aromatic nitrogens is 1. The van der Waals surface area contributed by atoms with Crippen LogP contribution in [-0.4, -0.2) is 67.6 Å². The van der Waals surface area contributed by atoms with Crippen LogP contribution in [0.25, 0.3) is 0 Å². The van der Waals surface area contributed by atoms with E-state index in [1.165, 1.54) is 4.90 Å². The Bertz CT molecular complexity index is 597. The first kappa shape index (κ1) is 19.0. The molecule has 7 nitrogen and oxygen atoms in total. The minimum absolute atomic E-state index is 0.177. The summed E-state index contributed by atoms with van der Waals surface area (Å²) in [7, 11) is 3.85. The topological polar surface area (TPSA) is 75.5 Å². The van der Waals surface area contributed by atoms with Gasteiger partial charge < -0.3 is 20.0 Å². The SMILES string of the molecule is C[C@H](C#N)CN(C)C(=O)NCc1ccc(N2CCCN(C)CC2)nc1. The van der Waals surface area contributed by atoms with E-state index in [0.29, 0.717) is 13.1 Å². The Kier molecular flexibility index (Phi) is 7.02. The van der Waals surface area contributed by atoms with Crippen molar-refractivity contribution >= 4 is 11.8 Å². The molecule has 1 aromatic rings. The van der Waals surface area contributed by atoms with Gasteiger partial charge in [0.25, 0.3) is 0 Å². The number of hydrogen-bond acceptors (Lipinski definition) is 5. The number of likely N-dealkylation sites (N-methyl/N-ethyl adjacent to an activating group) is 1. The molecule has 1 aliphatic rings. The number of nitrogens with zero attached hydrogens (tertiary/aromatic N) is 5. The van der Waals surface area contributed by atoms with E-state index >= 15 is 0 Å². The molecule has 1 N–H and O–H groups in total. The highest BCUT2D eigenvalue weighted by Gasteiger charge is 2.14. The number of amides is 2. The van der Waals surface area contributed by atoms with Crippen molar-refractivity contribution in [1.82, 2.24) is 20.1 Å². The monoisotopic (exact) mass is 344 g/mol. The third-order valence-corrected chi connectivity index (χ3v) is 4.41. The highest BCUT2D eigenvalue weighted by molar-refractivity contribution is 5.73. The lowest BCUT2D eigenvalue weighted by Gasteiger charge is -2.22. The number of nitrogens with one attached hydrogen (secondary N) is 1. The molecule has 1 atom stereocenters. The van der Waals surface area contributed by atoms with Crippen LogP contribution in [0.5, 0.6) is 0 Å². The lowest BCUT2D eigenvalue weighted by Crippen LogP contribution is -2.39. The van der Waals surface area contributed by atoms with E-state index in [4.69, 9.17) is 5.26 Å². The van der Waals surface area contributed by atoms with Gasteiger partial charge in [-0.2, -0.15) is 5.26 Å². The number of nitriles is 1. The standard InChI is InChI=1S/C18H28N6O/c1-15(11-19)14-23(3)18(25)21-13-16-5-6-17(20-12-16)24-8-4-7-22(2)9-10-24/h5-6,12,15H,4,7-10,13-14H2,1-3H3,(H,21,25)/t15-/m1/s1. The zero-order chi connectivity index (χ0) is 18.2. The molecule has 0 spiro atoms. The highest BCUT2D eigenvalue weighted by atomic mass is 16.2. The molecular formula is C18H28N6O. The van der Waals surface area contributed by atoms with Crippen molar-refractivity contribution in [3.63, 3.8) is 0 Å². The summed E-state index contributed by atoms with van der Waals surface area (Å²) in [6, 6.07) is 5.98. The number of hydrogen-bond donors (Lipinski definition) is 1. The Hall–Kier alpha value is -2.33. The molecule has 2 amide bonds. The van der Waals surface area contributed by atoms with Gasteiger partial charge in [-0.15, -0.1) is 0 Å². The van der Waals surface area contributed by atoms with Crippen LogP contribution in [0.1, 0.15) is 18.9 Å². The van der Waals surface area contributed by atoms with Crippen LogP contribution in [0.4, 0.5) is 10.6 Å². The highest BCUT2D eigenvalue weighted by Crippen LogP contribution is 2.14. The molecule has 25 heavy (non-hydrogen) atoms. The fourth-order valence-corrected chi connectivity index (χ4v) is 2.83. The Morgan fingerprint density at radius 1 is 1.40 bits per heavy atom. The zero-order valence-corrected chi connectivity index (χ0v) is 15.4. The van der Waals surface area contributed by atoms with Gasteiger partial charge in [-0.25, -0.2) is 9.78 Å². The Balaban J connectivity index is 1.84. The Morgan fingerprint density at radius 2 is 2.20 bits per heavy atom. The van der Waals surface area contributed by atoms with Crippen molar-refractivity contribution in [3.8, 4) is 6.07 Å². The summed E-state index contributed by atoms with van der Waals surface area (Å²) >= 11 is 0. The molecule has 0 radical (unpaired) electrons. The van der Waals surface area contributed by atoms with Crippen LogP contribution < -0.4 is 10.2 Å². The van der Waals surface area contributed by atoms with Crippen LogP contribution in [0, 0.1) is 17.2 Å². The van der Waals surface area contributed by atoms with Gasteiger partial charge in [-0.3, -0.25) is 0 Å². The van der Waals surface area contributed by atoms with Crippen LogP contribution in [-0.2, 0) is 6.54 Å². The molecule has 1 aromatic heterocycles. The largest absolute Gasteiger partial charge is 0.355 e. The average Bonchev–Trinajstić information content (AvgIpc) is 2.84. The molecule has 0 saturated carbocycles. The smallest absolute Gasteiger partial charge is 0.317 e. The molecule has 1 saturated heterocycles. The van der Waals surface area contributed by atoms with E-state index < -0.39 is 0 Å². The lowest BCUT2D eigenvalue weighted by atomic mass is 10.2. The molecule has 7 heteroatoms. The number of anilines is 1. The van der Waals surface area contributed by atoms with Gasteiger partial charge >= 0.3 is 6.03 Å². The number of rotatable bonds is 5. The van der Waals surface area contributed by atoms with Crippen molar-refractivity contribution in [3.05, 3.63) is 23.9 Å². The normalized spacial score (nSPS) is 16.6. The molecule has 1 aliphatic heterocycles. The quantitative estimate of drug-likeness (QED) is 0.877. The number of carbonyl (C=O) groups is 1. The van der Waals surface area contributed by atoms with E-state index in [9.17, 15) is 4.79 Å². The second kappa shape index (κ2) is 9.23. The van der Waals surface area contributed by atoms with Gasteiger partial charge in [-0.05, 0) is 38.6 Å². The fourth-order valence-electron chi connectivity index (χ4n) is 2.83. The molecule has 0 aliphatic carbocycles. The van der Waals surface area contributed by atoms with Crippen molar-refractivity contribution in [1.29, 1.82) is 5.26 Å². The first-order valence-electron chi connectivity index (χ1n) is 8.76. The molecule has 1 fully saturated rings. The molecule has 2 rings (SSSR count). The van der Waals surface area contributed by atoms with Gasteiger partial charge in [0, 0.05) is 46.0 Å². The average molecular weight is 344 g/mol. The van der Waals surface area contributed by atoms with Crippen molar-refractivity contribution in [2.24, 2.45) is 5.92 Å². The van der Waals surface area contributed by atoms with Crippen LogP contribution in [0.3, 0.4) is 0 Å². The first-order valence-corrected chi connectivity index (χ1v) is 8.76. The zero-order valence-electron chi connectivity index (χ0n) is 15.4. The number of carbonyl (C=O) groups excluding carboxylic acids is 1. The summed E-state index contributed by atoms with van der Waals surface area (Å²) < 4.78 is 0. The molecule has 0 bridgehead atoms. The summed E-state index contributed by atoms with van der Waals surface area (Å²) in [5, 5.41) is 11.7. The fraction of sp³-hybridized carbons (Fsp3) is 0.611. The van der Waals surface area contributed by atoms with E-state index in [1.807, 2.05) is 18.3 Å². The van der Waals surface area contributed by atoms with Gasteiger partial charge in [0.05, 0.1) is 12.0 Å². The summed E-state index contributed by atoms with van der Waals surface area (Å²) in [4.78, 5) is 22.8. The van der Waals surface area contributed by atoms with Crippen molar-refractivity contribution in [2.75, 3.05) is 51.7 Å². The second-order valence-corrected chi connectivity index (χ2v) is 6.74. The van der Waals surface area contributed by atoms with Crippen LogP contribution in [0.15, 0.2) is 18.3 Å². The predicted octanol–water partition coefficient (Wildman–Crippen LogP) is 1.52. The summed E-state index contributed by atoms with van der Waals surface area (Å²) in [6.07, 6.45) is 2.96. The second-order valence-electron chi connectivity index (χ2n) is 6.74. The predicted molar refractivity (Wildman–Crippen MR) is 98.2 cm³/mol. The van der Waals surface area contributed by atoms with Gasteiger partial charge in [0.15, 0.2) is 0 Å². The maximum absolute atomic E-state index is 12.0. The van der Waals surface area contributed by atoms with Gasteiger partial charge in [0.2, 0.25) is 0 Å². The maximum atomic E-state index is 12.0. The minimum Gasteiger partial charge on any atom is -0.355 e. The van der Waals surface area contributed by atoms with E-state index in [2.05, 4.69) is 33.2 Å². The van der Waals surface area contributed by atoms with Crippen LogP contribution >= 0.6 is 0 Å². The molecule has 136 valence electrons. The molecule has 0 aromatic carbocycles. The van der Waals surface area contributed by atoms with Crippen LogP contribution in [0.2, 0.25) is 0 Å². The Morgan fingerprint density at radius 3 is 2.88 bits per heavy atom. The van der Waals surface area contributed by atoms with Crippen molar-refractivity contribution in [2.45, 2.75) is 19.9 Å². The maximum Gasteiger partial charge on any atom is 0.317 e. The number of urea groups is 1. The number of pyridine rings is 1. The van der Waals surface area contributed by atoms with E-state index in [-0.39, 0.29) is 11.9 Å². The third-order valence-electron chi connectivity index (χ3n) is 4.41. The van der Waals surface area contributed by atoms with Crippen molar-refractivity contribution < 1.29 is 4.79 Å². The first-order chi connectivity index (χ1) is 12.0. The summed E-state index contributed by atoms with van der Waals surface area (Å²) in [5.74, 6) is 0.815. The van der Waals surface area contributed by atoms with Gasteiger partial charge in [-0.1, -0.05) is 6.07 Å². The van der Waals surface area contributed by atoms with E-state index in [0.717, 1.165) is 44.0 Å². The molecular weight excluding hydrogens is 316 g/mol. The summed E-state index contributed by atoms with van der Waals surface area (Å²) in [5.41, 5.74) is 0.964. The Labute approximate surface area is 150 Å². The van der Waals surface area contributed by atoms with Gasteiger partial charge in [0.1, 0.15) is 5.82 Å². The lowest BCUT2D eigenvalue weighted by molar-refractivity contribution is 0.205. The molecule has 2 heterocycles. The minimum atomic E-state index is -0.179. The third kappa shape index (κ3) is 5.91. The van der Waals surface area contributed by atoms with E-state index in [1.54, 1.807) is 14.0 Å². The molecule has 0 unspecified atom stereocenters.